The van der Waals surface area contributed by atoms with Gasteiger partial charge in [-0.2, -0.15) is 0 Å². The summed E-state index contributed by atoms with van der Waals surface area (Å²) in [5, 5.41) is 2.60. The van der Waals surface area contributed by atoms with E-state index in [2.05, 4.69) is 67.4 Å². The van der Waals surface area contributed by atoms with E-state index in [1.54, 1.807) is 0 Å². The van der Waals surface area contributed by atoms with Gasteiger partial charge in [0.05, 0.1) is 0 Å². The van der Waals surface area contributed by atoms with Gasteiger partial charge in [0.15, 0.2) is 0 Å². The van der Waals surface area contributed by atoms with Crippen molar-refractivity contribution in [2.45, 2.75) is 20.0 Å². The topological polar surface area (TPSA) is 12.5 Å². The highest BCUT2D eigenvalue weighted by Gasteiger charge is 2.22. The van der Waals surface area contributed by atoms with Crippen LogP contribution in [0, 0.1) is 6.92 Å². The number of ether oxygens (including phenoxy) is 1. The minimum absolute atomic E-state index is 0.604. The van der Waals surface area contributed by atoms with Crippen LogP contribution in [0.15, 0.2) is 54.6 Å². The SMILES string of the molecule is Cc1cccc2c(OCc3ccccc3)cc3c(c12)CCN3C. The maximum Gasteiger partial charge on any atom is 0.129 e. The molecule has 0 radical (unpaired) electrons. The smallest absolute Gasteiger partial charge is 0.129 e. The highest BCUT2D eigenvalue weighted by Crippen LogP contribution is 2.41. The molecule has 2 heteroatoms. The lowest BCUT2D eigenvalue weighted by Crippen LogP contribution is -2.12. The first-order valence-corrected chi connectivity index (χ1v) is 8.17. The standard InChI is InChI=1S/C21H21NO/c1-15-7-6-10-18-20(23-14-16-8-4-3-5-9-16)13-19-17(21(15)18)11-12-22(19)2/h3-10,13H,11-12,14H2,1-2H3. The molecule has 0 unspecified atom stereocenters. The van der Waals surface area contributed by atoms with Crippen LogP contribution in [0.4, 0.5) is 5.69 Å². The molecule has 0 N–H and O–H groups in total. The van der Waals surface area contributed by atoms with Crippen molar-refractivity contribution in [2.75, 3.05) is 18.5 Å². The van der Waals surface area contributed by atoms with Gasteiger partial charge in [0.2, 0.25) is 0 Å². The van der Waals surface area contributed by atoms with Crippen molar-refractivity contribution in [3.8, 4) is 5.75 Å². The molecule has 1 aliphatic heterocycles. The number of likely N-dealkylation sites (N-methyl/N-ethyl adjacent to an activating group) is 1. The summed E-state index contributed by atoms with van der Waals surface area (Å²) in [6, 6.07) is 19.1. The Balaban J connectivity index is 1.80. The Kier molecular flexibility index (Phi) is 3.45. The van der Waals surface area contributed by atoms with Gasteiger partial charge in [0.25, 0.3) is 0 Å². The van der Waals surface area contributed by atoms with E-state index in [-0.39, 0.29) is 0 Å². The van der Waals surface area contributed by atoms with E-state index in [4.69, 9.17) is 4.74 Å². The third kappa shape index (κ3) is 2.44. The second-order valence-corrected chi connectivity index (χ2v) is 6.32. The zero-order valence-electron chi connectivity index (χ0n) is 13.7. The maximum absolute atomic E-state index is 6.21. The zero-order chi connectivity index (χ0) is 15.8. The molecule has 0 aliphatic carbocycles. The number of aryl methyl sites for hydroxylation is 1. The lowest BCUT2D eigenvalue weighted by Gasteiger charge is -2.17. The van der Waals surface area contributed by atoms with Gasteiger partial charge in [-0.15, -0.1) is 0 Å². The summed E-state index contributed by atoms with van der Waals surface area (Å²) in [6.45, 7) is 3.88. The van der Waals surface area contributed by atoms with Gasteiger partial charge in [0, 0.05) is 30.7 Å². The van der Waals surface area contributed by atoms with Crippen molar-refractivity contribution in [1.29, 1.82) is 0 Å². The van der Waals surface area contributed by atoms with Crippen LogP contribution < -0.4 is 9.64 Å². The minimum atomic E-state index is 0.604. The Labute approximate surface area is 137 Å². The molecule has 1 aliphatic rings. The minimum Gasteiger partial charge on any atom is -0.488 e. The average molecular weight is 303 g/mol. The Morgan fingerprint density at radius 2 is 1.87 bits per heavy atom. The first kappa shape index (κ1) is 14.1. The maximum atomic E-state index is 6.21. The molecule has 3 aromatic rings. The third-order valence-electron chi connectivity index (χ3n) is 4.76. The first-order valence-electron chi connectivity index (χ1n) is 8.17. The molecule has 116 valence electrons. The molecule has 0 aromatic heterocycles. The molecule has 23 heavy (non-hydrogen) atoms. The van der Waals surface area contributed by atoms with E-state index in [0.29, 0.717) is 6.61 Å². The molecule has 0 saturated carbocycles. The quantitative estimate of drug-likeness (QED) is 0.694. The molecule has 3 aromatic carbocycles. The van der Waals surface area contributed by atoms with E-state index < -0.39 is 0 Å². The second kappa shape index (κ2) is 5.62. The van der Waals surface area contributed by atoms with Crippen LogP contribution in [0.3, 0.4) is 0 Å². The number of anilines is 1. The van der Waals surface area contributed by atoms with Crippen LogP contribution in [0.2, 0.25) is 0 Å². The van der Waals surface area contributed by atoms with Gasteiger partial charge in [0.1, 0.15) is 12.4 Å². The van der Waals surface area contributed by atoms with Crippen molar-refractivity contribution in [3.05, 3.63) is 71.3 Å². The van der Waals surface area contributed by atoms with Gasteiger partial charge in [-0.05, 0) is 35.4 Å². The highest BCUT2D eigenvalue weighted by atomic mass is 16.5. The first-order chi connectivity index (χ1) is 11.2. The van der Waals surface area contributed by atoms with Gasteiger partial charge < -0.3 is 9.64 Å². The zero-order valence-corrected chi connectivity index (χ0v) is 13.7. The molecule has 0 saturated heterocycles. The van der Waals surface area contributed by atoms with Crippen molar-refractivity contribution in [3.63, 3.8) is 0 Å². The van der Waals surface area contributed by atoms with Crippen LogP contribution >= 0.6 is 0 Å². The Morgan fingerprint density at radius 1 is 1.04 bits per heavy atom. The lowest BCUT2D eigenvalue weighted by atomic mass is 9.97. The predicted octanol–water partition coefficient (Wildman–Crippen LogP) is 4.72. The van der Waals surface area contributed by atoms with Gasteiger partial charge >= 0.3 is 0 Å². The summed E-state index contributed by atoms with van der Waals surface area (Å²) in [7, 11) is 2.16. The second-order valence-electron chi connectivity index (χ2n) is 6.32. The van der Waals surface area contributed by atoms with Crippen molar-refractivity contribution >= 4 is 16.5 Å². The normalized spacial score (nSPS) is 13.4. The van der Waals surface area contributed by atoms with E-state index in [1.807, 2.05) is 6.07 Å². The van der Waals surface area contributed by atoms with E-state index >= 15 is 0 Å². The Bertz CT molecular complexity index is 855. The van der Waals surface area contributed by atoms with Gasteiger partial charge in [-0.3, -0.25) is 0 Å². The number of nitrogens with zero attached hydrogens (tertiary/aromatic N) is 1. The Morgan fingerprint density at radius 3 is 2.70 bits per heavy atom. The van der Waals surface area contributed by atoms with Crippen LogP contribution in [0.1, 0.15) is 16.7 Å². The fourth-order valence-electron chi connectivity index (χ4n) is 3.54. The molecule has 0 spiro atoms. The lowest BCUT2D eigenvalue weighted by molar-refractivity contribution is 0.310. The van der Waals surface area contributed by atoms with E-state index in [0.717, 1.165) is 18.7 Å². The molecule has 0 atom stereocenters. The summed E-state index contributed by atoms with van der Waals surface area (Å²) >= 11 is 0. The fourth-order valence-corrected chi connectivity index (χ4v) is 3.54. The van der Waals surface area contributed by atoms with Gasteiger partial charge in [-0.25, -0.2) is 0 Å². The van der Waals surface area contributed by atoms with Crippen LogP contribution in [0.25, 0.3) is 10.8 Å². The number of hydrogen-bond acceptors (Lipinski definition) is 2. The highest BCUT2D eigenvalue weighted by molar-refractivity contribution is 5.98. The van der Waals surface area contributed by atoms with Crippen molar-refractivity contribution in [2.24, 2.45) is 0 Å². The molecular formula is C21H21NO. The summed E-state index contributed by atoms with van der Waals surface area (Å²) < 4.78 is 6.21. The van der Waals surface area contributed by atoms with Crippen LogP contribution in [0.5, 0.6) is 5.75 Å². The number of rotatable bonds is 3. The molecule has 0 bridgehead atoms. The molecule has 0 amide bonds. The van der Waals surface area contributed by atoms with Crippen molar-refractivity contribution < 1.29 is 4.74 Å². The molecule has 1 heterocycles. The monoisotopic (exact) mass is 303 g/mol. The predicted molar refractivity (Wildman–Crippen MR) is 96.4 cm³/mol. The van der Waals surface area contributed by atoms with Gasteiger partial charge in [-0.1, -0.05) is 48.5 Å². The van der Waals surface area contributed by atoms with E-state index in [9.17, 15) is 0 Å². The molecule has 2 nitrogen and oxygen atoms in total. The van der Waals surface area contributed by atoms with E-state index in [1.165, 1.54) is 33.2 Å². The van der Waals surface area contributed by atoms with Crippen LogP contribution in [-0.2, 0) is 13.0 Å². The summed E-state index contributed by atoms with van der Waals surface area (Å²) in [4.78, 5) is 2.33. The summed E-state index contributed by atoms with van der Waals surface area (Å²) in [5.74, 6) is 0.986. The largest absolute Gasteiger partial charge is 0.488 e. The molecule has 4 rings (SSSR count). The third-order valence-corrected chi connectivity index (χ3v) is 4.76. The number of hydrogen-bond donors (Lipinski definition) is 0. The summed E-state index contributed by atoms with van der Waals surface area (Å²) in [6.07, 6.45) is 1.12. The number of fused-ring (bicyclic) bond motifs is 3. The van der Waals surface area contributed by atoms with Crippen molar-refractivity contribution in [1.82, 2.24) is 0 Å². The molecule has 0 fully saturated rings. The average Bonchev–Trinajstić information content (AvgIpc) is 2.95. The number of benzene rings is 3. The van der Waals surface area contributed by atoms with Crippen LogP contribution in [-0.4, -0.2) is 13.6 Å². The fraction of sp³-hybridized carbons (Fsp3) is 0.238. The summed E-state index contributed by atoms with van der Waals surface area (Å²) in [5.41, 5.74) is 5.31. The Hall–Kier alpha value is -2.48. The molecular weight excluding hydrogens is 282 g/mol.